The van der Waals surface area contributed by atoms with Crippen LogP contribution in [0.1, 0.15) is 25.6 Å². The summed E-state index contributed by atoms with van der Waals surface area (Å²) in [6.45, 7) is 6.15. The molecule has 0 unspecified atom stereocenters. The number of likely N-dealkylation sites (N-methyl/N-ethyl adjacent to an activating group) is 1. The number of carbonyl (C=O) groups excluding carboxylic acids is 2. The molecule has 2 heterocycles. The minimum absolute atomic E-state index is 0.150. The fourth-order valence-electron chi connectivity index (χ4n) is 3.55. The first-order chi connectivity index (χ1) is 15.0. The van der Waals surface area contributed by atoms with E-state index in [-0.39, 0.29) is 11.8 Å². The van der Waals surface area contributed by atoms with E-state index in [1.165, 1.54) is 17.0 Å². The van der Waals surface area contributed by atoms with Gasteiger partial charge in [0.2, 0.25) is 0 Å². The first-order valence-electron chi connectivity index (χ1n) is 10.3. The van der Waals surface area contributed by atoms with Crippen molar-refractivity contribution in [2.24, 2.45) is 0 Å². The molecule has 0 bridgehead atoms. The molecule has 4 rings (SSSR count). The van der Waals surface area contributed by atoms with Crippen LogP contribution in [0.5, 0.6) is 0 Å². The van der Waals surface area contributed by atoms with E-state index in [2.05, 4.69) is 39.6 Å². The van der Waals surface area contributed by atoms with Gasteiger partial charge < -0.3 is 20.4 Å². The van der Waals surface area contributed by atoms with Crippen molar-refractivity contribution in [3.63, 3.8) is 0 Å². The number of carbonyl (C=O) groups is 2. The number of nitrogens with one attached hydrogen (secondary N) is 2. The van der Waals surface area contributed by atoms with Crippen LogP contribution in [-0.2, 0) is 0 Å². The van der Waals surface area contributed by atoms with Gasteiger partial charge in [0.15, 0.2) is 0 Å². The standard InChI is InChI=1S/C24H26N4O2S/c1-17-16-20(28-13-11-27(2)12-14-28)9-10-21(17)26-23(29)18-5-7-19(8-6-18)25-24(30)22-4-3-15-31-22/h3-10,15-16H,11-14H2,1-2H3,(H,25,30)(H,26,29). The van der Waals surface area contributed by atoms with Crippen molar-refractivity contribution in [3.8, 4) is 0 Å². The Morgan fingerprint density at radius 3 is 2.29 bits per heavy atom. The minimum atomic E-state index is -0.174. The van der Waals surface area contributed by atoms with E-state index < -0.39 is 0 Å². The molecule has 1 fully saturated rings. The lowest BCUT2D eigenvalue weighted by Crippen LogP contribution is -2.44. The summed E-state index contributed by atoms with van der Waals surface area (Å²) in [4.78, 5) is 30.2. The maximum Gasteiger partial charge on any atom is 0.265 e. The highest BCUT2D eigenvalue weighted by Gasteiger charge is 2.16. The normalized spacial score (nSPS) is 14.3. The third-order valence-corrected chi connectivity index (χ3v) is 6.35. The molecule has 0 radical (unpaired) electrons. The van der Waals surface area contributed by atoms with Crippen LogP contribution in [0, 0.1) is 6.92 Å². The molecule has 0 atom stereocenters. The van der Waals surface area contributed by atoms with Gasteiger partial charge in [0.05, 0.1) is 4.88 Å². The molecule has 2 amide bonds. The van der Waals surface area contributed by atoms with E-state index in [1.54, 1.807) is 30.3 Å². The Morgan fingerprint density at radius 1 is 0.903 bits per heavy atom. The zero-order valence-corrected chi connectivity index (χ0v) is 18.5. The molecule has 1 aliphatic rings. The van der Waals surface area contributed by atoms with Crippen molar-refractivity contribution in [2.75, 3.05) is 48.8 Å². The van der Waals surface area contributed by atoms with Gasteiger partial charge >= 0.3 is 0 Å². The van der Waals surface area contributed by atoms with Crippen molar-refractivity contribution < 1.29 is 9.59 Å². The van der Waals surface area contributed by atoms with Gasteiger partial charge in [0.1, 0.15) is 0 Å². The van der Waals surface area contributed by atoms with Crippen LogP contribution >= 0.6 is 11.3 Å². The highest BCUT2D eigenvalue weighted by Crippen LogP contribution is 2.24. The monoisotopic (exact) mass is 434 g/mol. The molecule has 0 saturated carbocycles. The largest absolute Gasteiger partial charge is 0.369 e. The highest BCUT2D eigenvalue weighted by atomic mass is 32.1. The molecule has 31 heavy (non-hydrogen) atoms. The van der Waals surface area contributed by atoms with Gasteiger partial charge in [-0.15, -0.1) is 11.3 Å². The summed E-state index contributed by atoms with van der Waals surface area (Å²) in [7, 11) is 2.14. The number of piperazine rings is 1. The molecule has 0 spiro atoms. The van der Waals surface area contributed by atoms with Crippen LogP contribution in [0.2, 0.25) is 0 Å². The Balaban J connectivity index is 1.38. The van der Waals surface area contributed by atoms with Gasteiger partial charge in [-0.3, -0.25) is 9.59 Å². The molecule has 7 heteroatoms. The zero-order valence-electron chi connectivity index (χ0n) is 17.7. The molecule has 2 N–H and O–H groups in total. The predicted molar refractivity (Wildman–Crippen MR) is 128 cm³/mol. The number of thiophene rings is 1. The Hall–Kier alpha value is -3.16. The van der Waals surface area contributed by atoms with Crippen molar-refractivity contribution in [2.45, 2.75) is 6.92 Å². The molecular formula is C24H26N4O2S. The summed E-state index contributed by atoms with van der Waals surface area (Å²) >= 11 is 1.39. The molecule has 0 aliphatic carbocycles. The summed E-state index contributed by atoms with van der Waals surface area (Å²) in [5, 5.41) is 7.70. The molecule has 1 saturated heterocycles. The number of nitrogens with zero attached hydrogens (tertiary/aromatic N) is 2. The van der Waals surface area contributed by atoms with Gasteiger partial charge in [-0.2, -0.15) is 0 Å². The van der Waals surface area contributed by atoms with Crippen LogP contribution in [0.4, 0.5) is 17.1 Å². The Morgan fingerprint density at radius 2 is 1.65 bits per heavy atom. The average molecular weight is 435 g/mol. The third kappa shape index (κ3) is 5.13. The summed E-state index contributed by atoms with van der Waals surface area (Å²) in [5.41, 5.74) is 4.22. The van der Waals surface area contributed by atoms with Gasteiger partial charge in [-0.25, -0.2) is 0 Å². The molecular weight excluding hydrogens is 408 g/mol. The number of anilines is 3. The van der Waals surface area contributed by atoms with Gasteiger partial charge in [0.25, 0.3) is 11.8 Å². The number of rotatable bonds is 5. The first kappa shape index (κ1) is 21.1. The number of hydrogen-bond donors (Lipinski definition) is 2. The number of amides is 2. The van der Waals surface area contributed by atoms with Crippen LogP contribution < -0.4 is 15.5 Å². The van der Waals surface area contributed by atoms with Crippen molar-refractivity contribution in [1.82, 2.24) is 4.90 Å². The van der Waals surface area contributed by atoms with E-state index in [0.717, 1.165) is 37.4 Å². The lowest BCUT2D eigenvalue weighted by Gasteiger charge is -2.34. The molecule has 2 aromatic carbocycles. The lowest BCUT2D eigenvalue weighted by molar-refractivity contribution is 0.102. The van der Waals surface area contributed by atoms with E-state index in [0.29, 0.717) is 16.1 Å². The van der Waals surface area contributed by atoms with Crippen LogP contribution in [0.15, 0.2) is 60.0 Å². The first-order valence-corrected chi connectivity index (χ1v) is 11.2. The van der Waals surface area contributed by atoms with Gasteiger partial charge in [-0.05, 0) is 73.4 Å². The molecule has 1 aromatic heterocycles. The zero-order chi connectivity index (χ0) is 21.8. The predicted octanol–water partition coefficient (Wildman–Crippen LogP) is 4.31. The Labute approximate surface area is 186 Å². The highest BCUT2D eigenvalue weighted by molar-refractivity contribution is 7.12. The smallest absolute Gasteiger partial charge is 0.265 e. The summed E-state index contributed by atoms with van der Waals surface area (Å²) in [6, 6.07) is 16.7. The summed E-state index contributed by atoms with van der Waals surface area (Å²) < 4.78 is 0. The maximum atomic E-state index is 12.7. The van der Waals surface area contributed by atoms with Crippen LogP contribution in [0.25, 0.3) is 0 Å². The van der Waals surface area contributed by atoms with Gasteiger partial charge in [-0.1, -0.05) is 6.07 Å². The Bertz CT molecular complexity index is 1060. The SMILES string of the molecule is Cc1cc(N2CCN(C)CC2)ccc1NC(=O)c1ccc(NC(=O)c2cccs2)cc1. The second-order valence-electron chi connectivity index (χ2n) is 7.75. The summed E-state index contributed by atoms with van der Waals surface area (Å²) in [6.07, 6.45) is 0. The minimum Gasteiger partial charge on any atom is -0.369 e. The molecule has 6 nitrogen and oxygen atoms in total. The summed E-state index contributed by atoms with van der Waals surface area (Å²) in [5.74, 6) is -0.324. The number of aryl methyl sites for hydroxylation is 1. The fourth-order valence-corrected chi connectivity index (χ4v) is 4.17. The van der Waals surface area contributed by atoms with Crippen molar-refractivity contribution >= 4 is 40.2 Å². The maximum absolute atomic E-state index is 12.7. The fraction of sp³-hybridized carbons (Fsp3) is 0.250. The number of benzene rings is 2. The molecule has 1 aliphatic heterocycles. The van der Waals surface area contributed by atoms with Crippen LogP contribution in [-0.4, -0.2) is 49.9 Å². The molecule has 160 valence electrons. The second-order valence-corrected chi connectivity index (χ2v) is 8.70. The lowest BCUT2D eigenvalue weighted by atomic mass is 10.1. The molecule has 3 aromatic rings. The number of hydrogen-bond acceptors (Lipinski definition) is 5. The van der Waals surface area contributed by atoms with Gasteiger partial charge in [0, 0.05) is 48.8 Å². The van der Waals surface area contributed by atoms with E-state index >= 15 is 0 Å². The topological polar surface area (TPSA) is 64.7 Å². The quantitative estimate of drug-likeness (QED) is 0.628. The average Bonchev–Trinajstić information content (AvgIpc) is 3.31. The van der Waals surface area contributed by atoms with E-state index in [1.807, 2.05) is 24.4 Å². The van der Waals surface area contributed by atoms with Crippen molar-refractivity contribution in [1.29, 1.82) is 0 Å². The van der Waals surface area contributed by atoms with E-state index in [9.17, 15) is 9.59 Å². The third-order valence-electron chi connectivity index (χ3n) is 5.48. The second kappa shape index (κ2) is 9.32. The van der Waals surface area contributed by atoms with E-state index in [4.69, 9.17) is 0 Å². The van der Waals surface area contributed by atoms with Crippen LogP contribution in [0.3, 0.4) is 0 Å². The van der Waals surface area contributed by atoms with Crippen molar-refractivity contribution in [3.05, 3.63) is 76.0 Å². The Kier molecular flexibility index (Phi) is 6.34.